The Morgan fingerprint density at radius 2 is 1.88 bits per heavy atom. The Labute approximate surface area is 104 Å². The zero-order chi connectivity index (χ0) is 12.7. The van der Waals surface area contributed by atoms with E-state index in [0.717, 1.165) is 12.3 Å². The summed E-state index contributed by atoms with van der Waals surface area (Å²) in [6.45, 7) is 8.24. The molecule has 0 radical (unpaired) electrons. The molecule has 1 aromatic carbocycles. The average Bonchev–Trinajstić information content (AvgIpc) is 2.26. The van der Waals surface area contributed by atoms with Gasteiger partial charge in [-0.25, -0.2) is 0 Å². The SMILES string of the molecule is CC(C)(C)CNCC(O)COc1ccccc1. The number of aliphatic hydroxyl groups is 1. The molecule has 0 aliphatic heterocycles. The summed E-state index contributed by atoms with van der Waals surface area (Å²) >= 11 is 0. The van der Waals surface area contributed by atoms with E-state index < -0.39 is 6.10 Å². The van der Waals surface area contributed by atoms with Crippen molar-refractivity contribution < 1.29 is 9.84 Å². The third kappa shape index (κ3) is 6.97. The van der Waals surface area contributed by atoms with Crippen molar-refractivity contribution in [1.82, 2.24) is 5.32 Å². The molecule has 1 atom stereocenters. The molecule has 0 heterocycles. The molecule has 2 N–H and O–H groups in total. The van der Waals surface area contributed by atoms with E-state index in [0.29, 0.717) is 13.2 Å². The van der Waals surface area contributed by atoms with Crippen LogP contribution in [0.3, 0.4) is 0 Å². The molecule has 0 aromatic heterocycles. The van der Waals surface area contributed by atoms with Crippen molar-refractivity contribution in [1.29, 1.82) is 0 Å². The van der Waals surface area contributed by atoms with Gasteiger partial charge in [0, 0.05) is 13.1 Å². The molecule has 0 spiro atoms. The minimum absolute atomic E-state index is 0.236. The molecule has 3 nitrogen and oxygen atoms in total. The van der Waals surface area contributed by atoms with E-state index in [1.165, 1.54) is 0 Å². The normalized spacial score (nSPS) is 13.4. The lowest BCUT2D eigenvalue weighted by Gasteiger charge is -2.20. The van der Waals surface area contributed by atoms with Crippen molar-refractivity contribution in [3.05, 3.63) is 30.3 Å². The highest BCUT2D eigenvalue weighted by Gasteiger charge is 2.11. The van der Waals surface area contributed by atoms with Crippen molar-refractivity contribution in [3.63, 3.8) is 0 Å². The van der Waals surface area contributed by atoms with Crippen molar-refractivity contribution in [2.24, 2.45) is 5.41 Å². The molecular weight excluding hydrogens is 214 g/mol. The first-order valence-electron chi connectivity index (χ1n) is 6.04. The van der Waals surface area contributed by atoms with Gasteiger partial charge in [0.1, 0.15) is 18.5 Å². The number of hydrogen-bond donors (Lipinski definition) is 2. The Balaban J connectivity index is 2.15. The third-order valence-electron chi connectivity index (χ3n) is 2.22. The number of hydrogen-bond acceptors (Lipinski definition) is 3. The van der Waals surface area contributed by atoms with Gasteiger partial charge in [-0.15, -0.1) is 0 Å². The molecule has 3 heteroatoms. The maximum absolute atomic E-state index is 9.72. The molecule has 0 saturated heterocycles. The van der Waals surface area contributed by atoms with Gasteiger partial charge in [-0.3, -0.25) is 0 Å². The molecule has 1 aromatic rings. The van der Waals surface area contributed by atoms with Gasteiger partial charge in [0.25, 0.3) is 0 Å². The average molecular weight is 237 g/mol. The Bertz CT molecular complexity index is 306. The lowest BCUT2D eigenvalue weighted by molar-refractivity contribution is 0.104. The second kappa shape index (κ2) is 6.62. The van der Waals surface area contributed by atoms with Gasteiger partial charge >= 0.3 is 0 Å². The largest absolute Gasteiger partial charge is 0.491 e. The van der Waals surface area contributed by atoms with E-state index in [2.05, 4.69) is 26.1 Å². The summed E-state index contributed by atoms with van der Waals surface area (Å²) in [4.78, 5) is 0. The molecule has 0 aliphatic carbocycles. The van der Waals surface area contributed by atoms with Crippen LogP contribution in [0.25, 0.3) is 0 Å². The summed E-state index contributed by atoms with van der Waals surface area (Å²) in [5.41, 5.74) is 0.236. The van der Waals surface area contributed by atoms with Gasteiger partial charge in [-0.1, -0.05) is 39.0 Å². The van der Waals surface area contributed by atoms with Crippen molar-refractivity contribution >= 4 is 0 Å². The number of rotatable bonds is 6. The van der Waals surface area contributed by atoms with Crippen molar-refractivity contribution in [3.8, 4) is 5.75 Å². The van der Waals surface area contributed by atoms with Crippen LogP contribution in [0, 0.1) is 5.41 Å². The van der Waals surface area contributed by atoms with Crippen LogP contribution in [0.2, 0.25) is 0 Å². The van der Waals surface area contributed by atoms with Gasteiger partial charge in [0.15, 0.2) is 0 Å². The summed E-state index contributed by atoms with van der Waals surface area (Å²) in [6, 6.07) is 9.54. The fraction of sp³-hybridized carbons (Fsp3) is 0.571. The summed E-state index contributed by atoms with van der Waals surface area (Å²) in [5, 5.41) is 13.0. The van der Waals surface area contributed by atoms with Gasteiger partial charge in [-0.05, 0) is 17.5 Å². The maximum atomic E-state index is 9.72. The summed E-state index contributed by atoms with van der Waals surface area (Å²) in [7, 11) is 0. The Hall–Kier alpha value is -1.06. The van der Waals surface area contributed by atoms with Gasteiger partial charge in [0.2, 0.25) is 0 Å². The van der Waals surface area contributed by atoms with Crippen LogP contribution in [0.4, 0.5) is 0 Å². The fourth-order valence-electron chi connectivity index (χ4n) is 1.38. The molecule has 96 valence electrons. The van der Waals surface area contributed by atoms with Crippen LogP contribution in [-0.2, 0) is 0 Å². The van der Waals surface area contributed by atoms with Crippen LogP contribution < -0.4 is 10.1 Å². The predicted octanol–water partition coefficient (Wildman–Crippen LogP) is 2.06. The van der Waals surface area contributed by atoms with E-state index in [9.17, 15) is 5.11 Å². The summed E-state index contributed by atoms with van der Waals surface area (Å²) in [5.74, 6) is 0.794. The molecule has 0 bridgehead atoms. The van der Waals surface area contributed by atoms with Crippen LogP contribution in [-0.4, -0.2) is 30.9 Å². The van der Waals surface area contributed by atoms with Gasteiger partial charge < -0.3 is 15.2 Å². The summed E-state index contributed by atoms with van der Waals surface area (Å²) < 4.78 is 5.46. The Kier molecular flexibility index (Phi) is 5.45. The van der Waals surface area contributed by atoms with E-state index in [-0.39, 0.29) is 5.41 Å². The second-order valence-corrected chi connectivity index (χ2v) is 5.47. The molecule has 0 fully saturated rings. The smallest absolute Gasteiger partial charge is 0.119 e. The molecule has 0 aliphatic rings. The Morgan fingerprint density at radius 3 is 2.47 bits per heavy atom. The first-order chi connectivity index (χ1) is 7.97. The molecular formula is C14H23NO2. The number of nitrogens with one attached hydrogen (secondary N) is 1. The van der Waals surface area contributed by atoms with E-state index in [4.69, 9.17) is 4.74 Å². The fourth-order valence-corrected chi connectivity index (χ4v) is 1.38. The number of para-hydroxylation sites is 1. The van der Waals surface area contributed by atoms with E-state index in [1.807, 2.05) is 30.3 Å². The van der Waals surface area contributed by atoms with Gasteiger partial charge in [-0.2, -0.15) is 0 Å². The highest BCUT2D eigenvalue weighted by molar-refractivity contribution is 5.20. The first kappa shape index (κ1) is 14.0. The topological polar surface area (TPSA) is 41.5 Å². The Morgan fingerprint density at radius 1 is 1.24 bits per heavy atom. The zero-order valence-electron chi connectivity index (χ0n) is 10.9. The second-order valence-electron chi connectivity index (χ2n) is 5.47. The standard InChI is InChI=1S/C14H23NO2/c1-14(2,3)11-15-9-12(16)10-17-13-7-5-4-6-8-13/h4-8,12,15-16H,9-11H2,1-3H3. The predicted molar refractivity (Wildman–Crippen MR) is 70.3 cm³/mol. The van der Waals surface area contributed by atoms with Crippen molar-refractivity contribution in [2.45, 2.75) is 26.9 Å². The molecule has 1 unspecified atom stereocenters. The number of aliphatic hydroxyl groups excluding tert-OH is 1. The molecule has 0 amide bonds. The van der Waals surface area contributed by atoms with Crippen LogP contribution in [0.5, 0.6) is 5.75 Å². The lowest BCUT2D eigenvalue weighted by Crippen LogP contribution is -2.36. The summed E-state index contributed by atoms with van der Waals surface area (Å²) in [6.07, 6.45) is -0.474. The van der Waals surface area contributed by atoms with E-state index in [1.54, 1.807) is 0 Å². The maximum Gasteiger partial charge on any atom is 0.119 e. The van der Waals surface area contributed by atoms with Crippen LogP contribution in [0.15, 0.2) is 30.3 Å². The highest BCUT2D eigenvalue weighted by Crippen LogP contribution is 2.10. The van der Waals surface area contributed by atoms with Crippen molar-refractivity contribution in [2.75, 3.05) is 19.7 Å². The number of benzene rings is 1. The minimum atomic E-state index is -0.474. The first-order valence-corrected chi connectivity index (χ1v) is 6.04. The minimum Gasteiger partial charge on any atom is -0.491 e. The lowest BCUT2D eigenvalue weighted by atomic mass is 9.97. The van der Waals surface area contributed by atoms with Crippen LogP contribution in [0.1, 0.15) is 20.8 Å². The quantitative estimate of drug-likeness (QED) is 0.796. The van der Waals surface area contributed by atoms with Crippen LogP contribution >= 0.6 is 0 Å². The number of ether oxygens (including phenoxy) is 1. The molecule has 0 saturated carbocycles. The monoisotopic (exact) mass is 237 g/mol. The molecule has 1 rings (SSSR count). The van der Waals surface area contributed by atoms with E-state index >= 15 is 0 Å². The van der Waals surface area contributed by atoms with Gasteiger partial charge in [0.05, 0.1) is 0 Å². The molecule has 17 heavy (non-hydrogen) atoms. The third-order valence-corrected chi connectivity index (χ3v) is 2.22. The highest BCUT2D eigenvalue weighted by atomic mass is 16.5. The zero-order valence-corrected chi connectivity index (χ0v) is 10.9.